The molecule has 5 nitrogen and oxygen atoms in total. The van der Waals surface area contributed by atoms with Crippen LogP contribution in [-0.2, 0) is 6.42 Å². The predicted molar refractivity (Wildman–Crippen MR) is 116 cm³/mol. The number of fused-ring (bicyclic) bond motifs is 3. The Morgan fingerprint density at radius 3 is 2.67 bits per heavy atom. The number of benzene rings is 2. The van der Waals surface area contributed by atoms with E-state index in [1.807, 2.05) is 18.2 Å². The first-order chi connectivity index (χ1) is 14.6. The molecule has 1 unspecified atom stereocenters. The van der Waals surface area contributed by atoms with Crippen LogP contribution in [0.1, 0.15) is 59.2 Å². The van der Waals surface area contributed by atoms with E-state index in [1.54, 1.807) is 18.2 Å². The summed E-state index contributed by atoms with van der Waals surface area (Å²) in [6, 6.07) is 13.3. The molecule has 0 bridgehead atoms. The van der Waals surface area contributed by atoms with Gasteiger partial charge < -0.3 is 5.11 Å². The van der Waals surface area contributed by atoms with Gasteiger partial charge in [-0.25, -0.2) is 4.79 Å². The lowest BCUT2D eigenvalue weighted by Crippen LogP contribution is -2.40. The van der Waals surface area contributed by atoms with Crippen LogP contribution in [0.4, 0.5) is 5.69 Å². The van der Waals surface area contributed by atoms with Gasteiger partial charge in [0.2, 0.25) is 0 Å². The van der Waals surface area contributed by atoms with Crippen LogP contribution in [0.5, 0.6) is 0 Å². The molecule has 2 atom stereocenters. The van der Waals surface area contributed by atoms with Gasteiger partial charge in [-0.05, 0) is 67.5 Å². The number of rotatable bonds is 3. The summed E-state index contributed by atoms with van der Waals surface area (Å²) < 4.78 is 0. The molecule has 2 aromatic rings. The quantitative estimate of drug-likeness (QED) is 0.736. The van der Waals surface area contributed by atoms with Gasteiger partial charge in [-0.2, -0.15) is 10.4 Å². The highest BCUT2D eigenvalue weighted by Gasteiger charge is 2.45. The molecule has 30 heavy (non-hydrogen) atoms. The van der Waals surface area contributed by atoms with Gasteiger partial charge >= 0.3 is 5.97 Å². The van der Waals surface area contributed by atoms with Gasteiger partial charge in [-0.1, -0.05) is 30.5 Å². The molecule has 1 fully saturated rings. The van der Waals surface area contributed by atoms with Crippen molar-refractivity contribution in [2.24, 2.45) is 16.9 Å². The summed E-state index contributed by atoms with van der Waals surface area (Å²) in [4.78, 5) is 11.4. The van der Waals surface area contributed by atoms with Gasteiger partial charge in [0.15, 0.2) is 0 Å². The van der Waals surface area contributed by atoms with Crippen LogP contribution in [0.25, 0.3) is 0 Å². The Hall–Kier alpha value is -2.84. The molecule has 0 aromatic heterocycles. The number of aromatic carboxylic acids is 1. The maximum Gasteiger partial charge on any atom is 0.335 e. The van der Waals surface area contributed by atoms with E-state index in [9.17, 15) is 15.2 Å². The summed E-state index contributed by atoms with van der Waals surface area (Å²) in [6.07, 6.45) is 6.75. The third kappa shape index (κ3) is 3.07. The summed E-state index contributed by atoms with van der Waals surface area (Å²) in [5, 5.41) is 26.2. The van der Waals surface area contributed by atoms with Gasteiger partial charge in [0.05, 0.1) is 33.6 Å². The van der Waals surface area contributed by atoms with Crippen LogP contribution in [0.15, 0.2) is 41.5 Å². The van der Waals surface area contributed by atoms with E-state index in [1.165, 1.54) is 25.7 Å². The fraction of sp³-hybridized carbons (Fsp3) is 0.375. The van der Waals surface area contributed by atoms with E-state index < -0.39 is 5.97 Å². The molecular formula is C24H22ClN3O2. The Labute approximate surface area is 180 Å². The number of hydrazone groups is 1. The zero-order valence-corrected chi connectivity index (χ0v) is 17.3. The number of nitrogens with zero attached hydrogens (tertiary/aromatic N) is 3. The molecule has 1 heterocycles. The van der Waals surface area contributed by atoms with Gasteiger partial charge in [-0.15, -0.1) is 0 Å². The summed E-state index contributed by atoms with van der Waals surface area (Å²) in [5.74, 6) is 0.00201. The van der Waals surface area contributed by atoms with Crippen LogP contribution >= 0.6 is 11.6 Å². The van der Waals surface area contributed by atoms with Crippen LogP contribution in [0, 0.1) is 23.2 Å². The van der Waals surface area contributed by atoms with Crippen molar-refractivity contribution < 1.29 is 9.90 Å². The minimum absolute atomic E-state index is 0.277. The molecule has 1 N–H and O–H groups in total. The first kappa shape index (κ1) is 19.1. The van der Waals surface area contributed by atoms with Crippen molar-refractivity contribution in [2.75, 3.05) is 5.01 Å². The maximum atomic E-state index is 11.4. The highest BCUT2D eigenvalue weighted by molar-refractivity contribution is 6.32. The van der Waals surface area contributed by atoms with Gasteiger partial charge in [0, 0.05) is 11.5 Å². The molecule has 0 radical (unpaired) electrons. The summed E-state index contributed by atoms with van der Waals surface area (Å²) >= 11 is 6.34. The fourth-order valence-electron chi connectivity index (χ4n) is 5.44. The van der Waals surface area contributed by atoms with E-state index in [0.29, 0.717) is 28.0 Å². The van der Waals surface area contributed by atoms with Gasteiger partial charge in [-0.3, -0.25) is 5.01 Å². The van der Waals surface area contributed by atoms with E-state index in [-0.39, 0.29) is 6.04 Å². The van der Waals surface area contributed by atoms with E-state index in [0.717, 1.165) is 35.4 Å². The molecule has 6 heteroatoms. The lowest BCUT2D eigenvalue weighted by Gasteiger charge is -2.34. The molecular weight excluding hydrogens is 398 g/mol. The van der Waals surface area contributed by atoms with E-state index in [2.05, 4.69) is 11.1 Å². The van der Waals surface area contributed by atoms with E-state index in [4.69, 9.17) is 16.7 Å². The van der Waals surface area contributed by atoms with E-state index >= 15 is 0 Å². The highest BCUT2D eigenvalue weighted by Crippen LogP contribution is 2.45. The zero-order chi connectivity index (χ0) is 20.8. The maximum absolute atomic E-state index is 11.4. The van der Waals surface area contributed by atoms with Crippen LogP contribution in [-0.4, -0.2) is 22.8 Å². The second-order valence-electron chi connectivity index (χ2n) is 8.46. The first-order valence-electron chi connectivity index (χ1n) is 10.5. The predicted octanol–water partition coefficient (Wildman–Crippen LogP) is 5.26. The second-order valence-corrected chi connectivity index (χ2v) is 8.87. The minimum Gasteiger partial charge on any atom is -0.478 e. The molecule has 2 aliphatic carbocycles. The SMILES string of the molecule is N#Cc1ccc(N2N=C3c4ccc(C(=O)O)cc4CCC3[C@H]2C2CCCC2)cc1Cl. The molecule has 0 saturated heterocycles. The summed E-state index contributed by atoms with van der Waals surface area (Å²) in [6.45, 7) is 0. The average molecular weight is 420 g/mol. The highest BCUT2D eigenvalue weighted by atomic mass is 35.5. The van der Waals surface area contributed by atoms with Crippen LogP contribution in [0.2, 0.25) is 5.02 Å². The lowest BCUT2D eigenvalue weighted by atomic mass is 9.75. The van der Waals surface area contributed by atoms with Crippen molar-refractivity contribution in [3.8, 4) is 6.07 Å². The number of aryl methyl sites for hydroxylation is 1. The molecule has 0 spiro atoms. The Morgan fingerprint density at radius 1 is 1.17 bits per heavy atom. The number of carboxylic acids is 1. The monoisotopic (exact) mass is 419 g/mol. The molecule has 3 aliphatic rings. The number of anilines is 1. The normalized spacial score (nSPS) is 22.9. The van der Waals surface area contributed by atoms with Crippen LogP contribution in [0.3, 0.4) is 0 Å². The number of carboxylic acid groups (broad SMARTS) is 1. The largest absolute Gasteiger partial charge is 0.478 e. The summed E-state index contributed by atoms with van der Waals surface area (Å²) in [7, 11) is 0. The number of halogens is 1. The third-order valence-electron chi connectivity index (χ3n) is 6.83. The Bertz CT molecular complexity index is 1100. The van der Waals surface area contributed by atoms with Crippen molar-refractivity contribution in [1.82, 2.24) is 0 Å². The van der Waals surface area contributed by atoms with Gasteiger partial charge in [0.1, 0.15) is 6.07 Å². The lowest BCUT2D eigenvalue weighted by molar-refractivity contribution is 0.0696. The molecule has 0 amide bonds. The van der Waals surface area contributed by atoms with Crippen molar-refractivity contribution in [1.29, 1.82) is 5.26 Å². The second kappa shape index (κ2) is 7.45. The standard InChI is InChI=1S/C24H22ClN3O2/c25-21-12-18(8-5-17(21)13-26)28-23(14-3-1-2-4-14)20-10-6-15-11-16(24(29)30)7-9-19(15)22(20)27-28/h5,7-9,11-12,14,20,23H,1-4,6,10H2,(H,29,30)/t20?,23-/m1/s1. The minimum atomic E-state index is -0.897. The Morgan fingerprint density at radius 2 is 1.97 bits per heavy atom. The molecule has 2 aromatic carbocycles. The number of nitriles is 1. The van der Waals surface area contributed by atoms with Crippen molar-refractivity contribution >= 4 is 29.0 Å². The Balaban J connectivity index is 1.59. The average Bonchev–Trinajstić information content (AvgIpc) is 3.40. The molecule has 5 rings (SSSR count). The molecule has 1 aliphatic heterocycles. The molecule has 152 valence electrons. The van der Waals surface area contributed by atoms with Crippen molar-refractivity contribution in [3.05, 3.63) is 63.7 Å². The fourth-order valence-corrected chi connectivity index (χ4v) is 5.66. The Kier molecular flexibility index (Phi) is 4.75. The topological polar surface area (TPSA) is 76.7 Å². The number of hydrogen-bond donors (Lipinski definition) is 1. The van der Waals surface area contributed by atoms with Crippen molar-refractivity contribution in [2.45, 2.75) is 44.6 Å². The third-order valence-corrected chi connectivity index (χ3v) is 7.15. The van der Waals surface area contributed by atoms with Crippen molar-refractivity contribution in [3.63, 3.8) is 0 Å². The first-order valence-corrected chi connectivity index (χ1v) is 10.9. The van der Waals surface area contributed by atoms with Crippen LogP contribution < -0.4 is 5.01 Å². The summed E-state index contributed by atoms with van der Waals surface area (Å²) in [5.41, 5.74) is 4.91. The van der Waals surface area contributed by atoms with Gasteiger partial charge in [0.25, 0.3) is 0 Å². The smallest absolute Gasteiger partial charge is 0.335 e. The number of carbonyl (C=O) groups is 1. The zero-order valence-electron chi connectivity index (χ0n) is 16.5. The molecule has 1 saturated carbocycles. The number of hydrogen-bond acceptors (Lipinski definition) is 4.